The minimum Gasteiger partial charge on any atom is -0.458 e. The average molecular weight is 326 g/mol. The predicted molar refractivity (Wildman–Crippen MR) is 80.0 cm³/mol. The fraction of sp³-hybridized carbons (Fsp3) is 0.533. The lowest BCUT2D eigenvalue weighted by atomic mass is 9.85. The molecule has 1 aliphatic rings. The van der Waals surface area contributed by atoms with Crippen LogP contribution in [-0.4, -0.2) is 12.1 Å². The van der Waals surface area contributed by atoms with Crippen molar-refractivity contribution >= 4 is 27.6 Å². The quantitative estimate of drug-likeness (QED) is 0.670. The standard InChI is InChI=1S/C15H20BrNO2/c1-2-10-6-3-4-9-13(10)19-15(18)11-7-5-8-12(17)14(11)16/h5,7-8,10,13H,2-4,6,9,17H2,1H3. The first-order chi connectivity index (χ1) is 9.13. The molecule has 2 rings (SSSR count). The van der Waals surface area contributed by atoms with Crippen LogP contribution in [0.2, 0.25) is 0 Å². The van der Waals surface area contributed by atoms with Crippen LogP contribution in [0.15, 0.2) is 22.7 Å². The maximum absolute atomic E-state index is 12.2. The van der Waals surface area contributed by atoms with E-state index in [4.69, 9.17) is 10.5 Å². The van der Waals surface area contributed by atoms with Gasteiger partial charge in [0.1, 0.15) is 6.10 Å². The Balaban J connectivity index is 2.09. The molecular weight excluding hydrogens is 306 g/mol. The molecule has 1 aromatic carbocycles. The van der Waals surface area contributed by atoms with Crippen molar-refractivity contribution in [1.82, 2.24) is 0 Å². The molecule has 0 aliphatic heterocycles. The minimum absolute atomic E-state index is 0.0552. The summed E-state index contributed by atoms with van der Waals surface area (Å²) in [6.45, 7) is 2.16. The van der Waals surface area contributed by atoms with Gasteiger partial charge in [0, 0.05) is 5.69 Å². The smallest absolute Gasteiger partial charge is 0.339 e. The van der Waals surface area contributed by atoms with Crippen molar-refractivity contribution in [1.29, 1.82) is 0 Å². The Kier molecular flexibility index (Phi) is 4.86. The number of ether oxygens (including phenoxy) is 1. The first kappa shape index (κ1) is 14.4. The first-order valence-electron chi connectivity index (χ1n) is 6.88. The molecule has 2 unspecified atom stereocenters. The lowest BCUT2D eigenvalue weighted by Crippen LogP contribution is -2.29. The van der Waals surface area contributed by atoms with Crippen molar-refractivity contribution in [2.75, 3.05) is 5.73 Å². The number of carbonyl (C=O) groups is 1. The van der Waals surface area contributed by atoms with Gasteiger partial charge < -0.3 is 10.5 Å². The molecule has 0 spiro atoms. The summed E-state index contributed by atoms with van der Waals surface area (Å²) in [6.07, 6.45) is 5.65. The highest BCUT2D eigenvalue weighted by atomic mass is 79.9. The molecule has 1 saturated carbocycles. The van der Waals surface area contributed by atoms with Gasteiger partial charge in [0.25, 0.3) is 0 Å². The van der Waals surface area contributed by atoms with Crippen molar-refractivity contribution in [3.05, 3.63) is 28.2 Å². The molecule has 1 fully saturated rings. The van der Waals surface area contributed by atoms with Crippen LogP contribution in [0, 0.1) is 5.92 Å². The van der Waals surface area contributed by atoms with Crippen LogP contribution in [0.1, 0.15) is 49.4 Å². The number of hydrogen-bond donors (Lipinski definition) is 1. The van der Waals surface area contributed by atoms with E-state index < -0.39 is 0 Å². The van der Waals surface area contributed by atoms with Gasteiger partial charge in [-0.15, -0.1) is 0 Å². The minimum atomic E-state index is -0.274. The summed E-state index contributed by atoms with van der Waals surface area (Å²) in [5.41, 5.74) is 6.87. The van der Waals surface area contributed by atoms with Crippen LogP contribution in [0.5, 0.6) is 0 Å². The molecule has 2 atom stereocenters. The second-order valence-corrected chi connectivity index (χ2v) is 5.90. The average Bonchev–Trinajstić information content (AvgIpc) is 2.42. The zero-order valence-corrected chi connectivity index (χ0v) is 12.8. The third kappa shape index (κ3) is 3.30. The number of halogens is 1. The zero-order chi connectivity index (χ0) is 13.8. The fourth-order valence-corrected chi connectivity index (χ4v) is 3.13. The van der Waals surface area contributed by atoms with E-state index >= 15 is 0 Å². The van der Waals surface area contributed by atoms with Gasteiger partial charge in [0.2, 0.25) is 0 Å². The predicted octanol–water partition coefficient (Wildman–Crippen LogP) is 4.16. The van der Waals surface area contributed by atoms with E-state index in [1.165, 1.54) is 6.42 Å². The lowest BCUT2D eigenvalue weighted by Gasteiger charge is -2.30. The Morgan fingerprint density at radius 3 is 2.89 bits per heavy atom. The van der Waals surface area contributed by atoms with E-state index in [1.54, 1.807) is 18.2 Å². The highest BCUT2D eigenvalue weighted by Crippen LogP contribution is 2.31. The van der Waals surface area contributed by atoms with Crippen LogP contribution >= 0.6 is 15.9 Å². The van der Waals surface area contributed by atoms with E-state index in [0.29, 0.717) is 21.6 Å². The summed E-state index contributed by atoms with van der Waals surface area (Å²) in [7, 11) is 0. The van der Waals surface area contributed by atoms with Gasteiger partial charge in [-0.2, -0.15) is 0 Å². The monoisotopic (exact) mass is 325 g/mol. The van der Waals surface area contributed by atoms with E-state index in [2.05, 4.69) is 22.9 Å². The second kappa shape index (κ2) is 6.42. The van der Waals surface area contributed by atoms with Gasteiger partial charge >= 0.3 is 5.97 Å². The lowest BCUT2D eigenvalue weighted by molar-refractivity contribution is 0.000622. The molecule has 2 N–H and O–H groups in total. The molecule has 0 bridgehead atoms. The van der Waals surface area contributed by atoms with E-state index in [-0.39, 0.29) is 12.1 Å². The fourth-order valence-electron chi connectivity index (χ4n) is 2.70. The number of carbonyl (C=O) groups excluding carboxylic acids is 1. The molecule has 104 valence electrons. The molecular formula is C15H20BrNO2. The Bertz CT molecular complexity index is 461. The van der Waals surface area contributed by atoms with Crippen molar-refractivity contribution < 1.29 is 9.53 Å². The van der Waals surface area contributed by atoms with Crippen molar-refractivity contribution in [2.24, 2.45) is 5.92 Å². The number of benzene rings is 1. The highest BCUT2D eigenvalue weighted by molar-refractivity contribution is 9.10. The van der Waals surface area contributed by atoms with Crippen LogP contribution in [0.25, 0.3) is 0 Å². The topological polar surface area (TPSA) is 52.3 Å². The molecule has 19 heavy (non-hydrogen) atoms. The number of anilines is 1. The van der Waals surface area contributed by atoms with Crippen molar-refractivity contribution in [2.45, 2.75) is 45.1 Å². The number of rotatable bonds is 3. The molecule has 0 heterocycles. The molecule has 4 heteroatoms. The molecule has 0 amide bonds. The maximum Gasteiger partial charge on any atom is 0.339 e. The molecule has 0 saturated heterocycles. The van der Waals surface area contributed by atoms with Gasteiger partial charge in [0.15, 0.2) is 0 Å². The Morgan fingerprint density at radius 1 is 1.42 bits per heavy atom. The number of nitrogens with two attached hydrogens (primary N) is 1. The van der Waals surface area contributed by atoms with Crippen molar-refractivity contribution in [3.8, 4) is 0 Å². The maximum atomic E-state index is 12.2. The molecule has 1 aromatic rings. The van der Waals surface area contributed by atoms with Gasteiger partial charge in [-0.25, -0.2) is 4.79 Å². The van der Waals surface area contributed by atoms with Crippen LogP contribution in [0.3, 0.4) is 0 Å². The Hall–Kier alpha value is -1.03. The summed E-state index contributed by atoms with van der Waals surface area (Å²) >= 11 is 3.35. The summed E-state index contributed by atoms with van der Waals surface area (Å²) < 4.78 is 6.32. The first-order valence-corrected chi connectivity index (χ1v) is 7.67. The SMILES string of the molecule is CCC1CCCCC1OC(=O)c1cccc(N)c1Br. The Morgan fingerprint density at radius 2 is 2.16 bits per heavy atom. The summed E-state index contributed by atoms with van der Waals surface area (Å²) in [5.74, 6) is 0.224. The number of nitrogen functional groups attached to an aromatic ring is 1. The zero-order valence-electron chi connectivity index (χ0n) is 11.2. The molecule has 0 aromatic heterocycles. The van der Waals surface area contributed by atoms with Gasteiger partial charge in [0.05, 0.1) is 10.0 Å². The summed E-state index contributed by atoms with van der Waals surface area (Å²) in [4.78, 5) is 12.2. The number of esters is 1. The third-order valence-corrected chi connectivity index (χ3v) is 4.76. The molecule has 3 nitrogen and oxygen atoms in total. The Labute approximate surface area is 122 Å². The summed E-state index contributed by atoms with van der Waals surface area (Å²) in [5, 5.41) is 0. The van der Waals surface area contributed by atoms with Gasteiger partial charge in [-0.1, -0.05) is 19.4 Å². The largest absolute Gasteiger partial charge is 0.458 e. The normalized spacial score (nSPS) is 23.1. The summed E-state index contributed by atoms with van der Waals surface area (Å²) in [6, 6.07) is 5.28. The van der Waals surface area contributed by atoms with E-state index in [9.17, 15) is 4.79 Å². The van der Waals surface area contributed by atoms with Gasteiger partial charge in [-0.3, -0.25) is 0 Å². The van der Waals surface area contributed by atoms with Crippen LogP contribution in [0.4, 0.5) is 5.69 Å². The second-order valence-electron chi connectivity index (χ2n) is 5.11. The van der Waals surface area contributed by atoms with Gasteiger partial charge in [-0.05, 0) is 59.7 Å². The van der Waals surface area contributed by atoms with Crippen molar-refractivity contribution in [3.63, 3.8) is 0 Å². The number of hydrogen-bond acceptors (Lipinski definition) is 3. The third-order valence-electron chi connectivity index (χ3n) is 3.87. The van der Waals surface area contributed by atoms with E-state index in [1.807, 2.05) is 0 Å². The highest BCUT2D eigenvalue weighted by Gasteiger charge is 2.28. The van der Waals surface area contributed by atoms with Crippen LogP contribution in [-0.2, 0) is 4.74 Å². The van der Waals surface area contributed by atoms with E-state index in [0.717, 1.165) is 25.7 Å². The molecule has 1 aliphatic carbocycles. The van der Waals surface area contributed by atoms with Crippen LogP contribution < -0.4 is 5.73 Å². The molecule has 0 radical (unpaired) electrons.